The summed E-state index contributed by atoms with van der Waals surface area (Å²) in [5.74, 6) is 0.00692. The van der Waals surface area contributed by atoms with Gasteiger partial charge in [-0.2, -0.15) is 19.9 Å². The lowest BCUT2D eigenvalue weighted by molar-refractivity contribution is 0.430. The molecule has 10 nitrogen and oxygen atoms in total. The number of nitrogens with two attached hydrogens (primary N) is 2. The topological polar surface area (TPSA) is 155 Å². The van der Waals surface area contributed by atoms with Gasteiger partial charge in [-0.3, -0.25) is 0 Å². The molecule has 4 aromatic rings. The highest BCUT2D eigenvalue weighted by molar-refractivity contribution is 5.58. The Morgan fingerprint density at radius 2 is 1.85 bits per heavy atom. The molecule has 0 saturated heterocycles. The fraction of sp³-hybridized carbons (Fsp3) is 0. The van der Waals surface area contributed by atoms with Crippen molar-refractivity contribution in [3.63, 3.8) is 0 Å². The lowest BCUT2D eigenvalue weighted by Crippen LogP contribution is -2.05. The highest BCUT2D eigenvalue weighted by Crippen LogP contribution is 2.21. The molecule has 0 spiro atoms. The molecule has 27 heavy (non-hydrogen) atoms. The first-order valence-corrected chi connectivity index (χ1v) is 7.67. The van der Waals surface area contributed by atoms with Crippen LogP contribution in [-0.2, 0) is 0 Å². The molecule has 11 heteroatoms. The molecule has 0 radical (unpaired) electrons. The molecule has 3 heterocycles. The molecule has 0 aliphatic heterocycles. The van der Waals surface area contributed by atoms with Crippen molar-refractivity contribution >= 4 is 23.3 Å². The molecule has 4 rings (SSSR count). The molecule has 0 aliphatic rings. The van der Waals surface area contributed by atoms with E-state index in [1.807, 2.05) is 0 Å². The Morgan fingerprint density at radius 1 is 0.963 bits per heavy atom. The van der Waals surface area contributed by atoms with E-state index in [4.69, 9.17) is 16.0 Å². The van der Waals surface area contributed by atoms with E-state index in [0.29, 0.717) is 17.1 Å². The van der Waals surface area contributed by atoms with Crippen LogP contribution in [0, 0.1) is 5.82 Å². The Morgan fingerprint density at radius 3 is 2.63 bits per heavy atom. The first kappa shape index (κ1) is 16.3. The van der Waals surface area contributed by atoms with E-state index in [0.717, 1.165) is 0 Å². The molecule has 134 valence electrons. The van der Waals surface area contributed by atoms with Gasteiger partial charge in [0.1, 0.15) is 11.5 Å². The van der Waals surface area contributed by atoms with Crippen LogP contribution in [0.5, 0.6) is 0 Å². The van der Waals surface area contributed by atoms with Gasteiger partial charge in [0.2, 0.25) is 23.5 Å². The smallest absolute Gasteiger partial charge is 0.276 e. The van der Waals surface area contributed by atoms with Gasteiger partial charge in [0, 0.05) is 5.69 Å². The van der Waals surface area contributed by atoms with Crippen molar-refractivity contribution in [1.29, 1.82) is 0 Å². The minimum atomic E-state index is -0.402. The van der Waals surface area contributed by atoms with E-state index in [-0.39, 0.29) is 29.4 Å². The van der Waals surface area contributed by atoms with E-state index in [1.54, 1.807) is 24.3 Å². The second-order valence-corrected chi connectivity index (χ2v) is 5.38. The largest absolute Gasteiger partial charge is 0.397 e. The van der Waals surface area contributed by atoms with Crippen molar-refractivity contribution in [2.24, 2.45) is 0 Å². The van der Waals surface area contributed by atoms with Crippen LogP contribution in [0.15, 0.2) is 47.1 Å². The Kier molecular flexibility index (Phi) is 4.01. The van der Waals surface area contributed by atoms with Gasteiger partial charge in [0.05, 0.1) is 11.9 Å². The van der Waals surface area contributed by atoms with Crippen LogP contribution in [0.4, 0.5) is 27.7 Å². The lowest BCUT2D eigenvalue weighted by Gasteiger charge is -2.05. The first-order valence-electron chi connectivity index (χ1n) is 7.67. The minimum absolute atomic E-state index is 0.0594. The summed E-state index contributed by atoms with van der Waals surface area (Å²) in [5.41, 5.74) is 12.7. The van der Waals surface area contributed by atoms with Crippen molar-refractivity contribution in [1.82, 2.24) is 30.1 Å². The molecule has 1 aromatic carbocycles. The number of halogens is 1. The minimum Gasteiger partial charge on any atom is -0.397 e. The summed E-state index contributed by atoms with van der Waals surface area (Å²) >= 11 is 0. The molecule has 0 saturated carbocycles. The van der Waals surface area contributed by atoms with Crippen LogP contribution >= 0.6 is 0 Å². The maximum Gasteiger partial charge on any atom is 0.276 e. The Hall–Kier alpha value is -4.15. The monoisotopic (exact) mass is 365 g/mol. The summed E-state index contributed by atoms with van der Waals surface area (Å²) in [6.45, 7) is 0. The third kappa shape index (κ3) is 3.61. The van der Waals surface area contributed by atoms with Gasteiger partial charge in [-0.15, -0.1) is 0 Å². The number of hydrogen-bond acceptors (Lipinski definition) is 10. The number of hydrogen-bond donors (Lipinski definition) is 3. The van der Waals surface area contributed by atoms with E-state index >= 15 is 0 Å². The average Bonchev–Trinajstić information content (AvgIpc) is 3.12. The highest BCUT2D eigenvalue weighted by atomic mass is 19.1. The summed E-state index contributed by atoms with van der Waals surface area (Å²) in [7, 11) is 0. The third-order valence-electron chi connectivity index (χ3n) is 3.36. The standard InChI is InChI=1S/C16H12FN9O/c17-8-2-1-3-10(6-8)21-16-24-12(23-15(19)25-16)13-22-14(27-26-13)11-5-4-9(18)7-20-11/h1-7H,18H2,(H3,19,21,23,24,25). The molecule has 0 amide bonds. The number of pyridine rings is 1. The number of nitrogen functional groups attached to an aromatic ring is 2. The molecule has 0 bridgehead atoms. The van der Waals surface area contributed by atoms with E-state index in [1.165, 1.54) is 18.3 Å². The lowest BCUT2D eigenvalue weighted by atomic mass is 10.3. The summed E-state index contributed by atoms with van der Waals surface area (Å²) in [6.07, 6.45) is 1.47. The van der Waals surface area contributed by atoms with E-state index in [9.17, 15) is 4.39 Å². The number of benzene rings is 1. The maximum absolute atomic E-state index is 13.3. The zero-order valence-corrected chi connectivity index (χ0v) is 13.7. The first-order chi connectivity index (χ1) is 13.1. The zero-order chi connectivity index (χ0) is 18.8. The van der Waals surface area contributed by atoms with Gasteiger partial charge < -0.3 is 21.3 Å². The summed E-state index contributed by atoms with van der Waals surface area (Å²) in [6, 6.07) is 9.12. The number of aromatic nitrogens is 6. The number of rotatable bonds is 4. The predicted octanol–water partition coefficient (Wildman–Crippen LogP) is 2.03. The van der Waals surface area contributed by atoms with Crippen molar-refractivity contribution in [2.45, 2.75) is 0 Å². The SMILES string of the molecule is Nc1ccc(-c2nc(-c3nc(N)nc(Nc4cccc(F)c4)n3)no2)nc1. The van der Waals surface area contributed by atoms with Gasteiger partial charge in [0.15, 0.2) is 0 Å². The van der Waals surface area contributed by atoms with Crippen LogP contribution in [0.25, 0.3) is 23.2 Å². The molecular weight excluding hydrogens is 353 g/mol. The van der Waals surface area contributed by atoms with Gasteiger partial charge in [-0.05, 0) is 30.3 Å². The van der Waals surface area contributed by atoms with Crippen molar-refractivity contribution < 1.29 is 8.91 Å². The molecule has 0 unspecified atom stereocenters. The fourth-order valence-electron chi connectivity index (χ4n) is 2.19. The summed E-state index contributed by atoms with van der Waals surface area (Å²) < 4.78 is 18.5. The summed E-state index contributed by atoms with van der Waals surface area (Å²) in [4.78, 5) is 20.5. The molecule has 0 aliphatic carbocycles. The normalized spacial score (nSPS) is 10.7. The van der Waals surface area contributed by atoms with Gasteiger partial charge in [0.25, 0.3) is 5.89 Å². The summed E-state index contributed by atoms with van der Waals surface area (Å²) in [5, 5.41) is 6.68. The van der Waals surface area contributed by atoms with Crippen LogP contribution in [0.1, 0.15) is 0 Å². The fourth-order valence-corrected chi connectivity index (χ4v) is 2.19. The van der Waals surface area contributed by atoms with Crippen LogP contribution in [-0.4, -0.2) is 30.1 Å². The maximum atomic E-state index is 13.3. The molecular formula is C16H12FN9O. The molecule has 5 N–H and O–H groups in total. The van der Waals surface area contributed by atoms with Gasteiger partial charge in [-0.25, -0.2) is 9.37 Å². The van der Waals surface area contributed by atoms with Crippen molar-refractivity contribution in [3.05, 3.63) is 48.4 Å². The van der Waals surface area contributed by atoms with Crippen LogP contribution in [0.2, 0.25) is 0 Å². The Labute approximate surface area is 151 Å². The third-order valence-corrected chi connectivity index (χ3v) is 3.36. The number of anilines is 4. The van der Waals surface area contributed by atoms with Crippen molar-refractivity contribution in [3.8, 4) is 23.2 Å². The van der Waals surface area contributed by atoms with Crippen LogP contribution < -0.4 is 16.8 Å². The van der Waals surface area contributed by atoms with Gasteiger partial charge in [-0.1, -0.05) is 11.2 Å². The molecule has 0 fully saturated rings. The predicted molar refractivity (Wildman–Crippen MR) is 94.9 cm³/mol. The second-order valence-electron chi connectivity index (χ2n) is 5.38. The molecule has 3 aromatic heterocycles. The van der Waals surface area contributed by atoms with E-state index < -0.39 is 5.82 Å². The Balaban J connectivity index is 1.64. The Bertz CT molecular complexity index is 1100. The quantitative estimate of drug-likeness (QED) is 0.489. The number of nitrogens with one attached hydrogen (secondary N) is 1. The molecule has 0 atom stereocenters. The van der Waals surface area contributed by atoms with Crippen molar-refractivity contribution in [2.75, 3.05) is 16.8 Å². The second kappa shape index (κ2) is 6.63. The number of nitrogens with zero attached hydrogens (tertiary/aromatic N) is 6. The van der Waals surface area contributed by atoms with Crippen LogP contribution in [0.3, 0.4) is 0 Å². The van der Waals surface area contributed by atoms with Gasteiger partial charge >= 0.3 is 0 Å². The highest BCUT2D eigenvalue weighted by Gasteiger charge is 2.16. The zero-order valence-electron chi connectivity index (χ0n) is 13.7. The van der Waals surface area contributed by atoms with E-state index in [2.05, 4.69) is 35.4 Å². The average molecular weight is 365 g/mol.